The van der Waals surface area contributed by atoms with E-state index in [0.717, 1.165) is 16.6 Å². The Morgan fingerprint density at radius 2 is 2.05 bits per heavy atom. The summed E-state index contributed by atoms with van der Waals surface area (Å²) in [4.78, 5) is 14.7. The number of hydrogen-bond donors (Lipinski definition) is 0. The molecule has 0 saturated heterocycles. The van der Waals surface area contributed by atoms with E-state index in [-0.39, 0.29) is 11.9 Å². The van der Waals surface area contributed by atoms with Crippen LogP contribution in [0.1, 0.15) is 19.4 Å². The summed E-state index contributed by atoms with van der Waals surface area (Å²) in [5.74, 6) is 0.688. The fourth-order valence-electron chi connectivity index (χ4n) is 2.89. The van der Waals surface area contributed by atoms with Gasteiger partial charge in [-0.3, -0.25) is 4.79 Å². The molecule has 3 nitrogen and oxygen atoms in total. The quantitative estimate of drug-likeness (QED) is 0.821. The first-order valence-electron chi connectivity index (χ1n) is 7.39. The maximum atomic E-state index is 12.8. The predicted molar refractivity (Wildman–Crippen MR) is 91.3 cm³/mol. The molecule has 2 aromatic rings. The number of para-hydroxylation sites is 1. The Kier molecular flexibility index (Phi) is 4.21. The molecule has 0 bridgehead atoms. The third-order valence-corrected chi connectivity index (χ3v) is 4.39. The largest absolute Gasteiger partial charge is 0.481 e. The number of hydrogen-bond acceptors (Lipinski definition) is 2. The number of carbonyl (C=O) groups excluding carboxylic acids is 1. The van der Waals surface area contributed by atoms with E-state index >= 15 is 0 Å². The molecule has 0 aromatic heterocycles. The van der Waals surface area contributed by atoms with Gasteiger partial charge >= 0.3 is 0 Å². The van der Waals surface area contributed by atoms with Gasteiger partial charge in [0.2, 0.25) is 0 Å². The lowest BCUT2D eigenvalue weighted by atomic mass is 10.1. The second-order valence-corrected chi connectivity index (χ2v) is 6.52. The molecule has 0 N–H and O–H groups in total. The Labute approximate surface area is 139 Å². The first-order valence-corrected chi connectivity index (χ1v) is 8.19. The van der Waals surface area contributed by atoms with Gasteiger partial charge in [0.05, 0.1) is 0 Å². The minimum absolute atomic E-state index is 0.00238. The normalized spacial score (nSPS) is 18.0. The molecular formula is C18H18BrNO2. The number of nitrogens with zero attached hydrogens (tertiary/aromatic N) is 1. The zero-order chi connectivity index (χ0) is 15.7. The first kappa shape index (κ1) is 15.1. The van der Waals surface area contributed by atoms with E-state index < -0.39 is 6.10 Å². The Hall–Kier alpha value is -1.81. The van der Waals surface area contributed by atoms with Crippen molar-refractivity contribution in [2.75, 3.05) is 4.90 Å². The van der Waals surface area contributed by atoms with Crippen molar-refractivity contribution in [1.82, 2.24) is 0 Å². The lowest BCUT2D eigenvalue weighted by molar-refractivity contribution is -0.124. The van der Waals surface area contributed by atoms with Crippen molar-refractivity contribution in [3.8, 4) is 5.75 Å². The van der Waals surface area contributed by atoms with Gasteiger partial charge in [-0.2, -0.15) is 0 Å². The van der Waals surface area contributed by atoms with Crippen LogP contribution in [0, 0.1) is 0 Å². The van der Waals surface area contributed by atoms with E-state index in [0.29, 0.717) is 5.75 Å². The van der Waals surface area contributed by atoms with Gasteiger partial charge in [-0.15, -0.1) is 0 Å². The summed E-state index contributed by atoms with van der Waals surface area (Å²) in [5, 5.41) is 0. The second kappa shape index (κ2) is 6.13. The van der Waals surface area contributed by atoms with Gasteiger partial charge in [0, 0.05) is 16.2 Å². The Morgan fingerprint density at radius 3 is 2.82 bits per heavy atom. The summed E-state index contributed by atoms with van der Waals surface area (Å²) in [6.07, 6.45) is 0.369. The van der Waals surface area contributed by atoms with Crippen molar-refractivity contribution in [3.63, 3.8) is 0 Å². The van der Waals surface area contributed by atoms with Crippen LogP contribution in [-0.2, 0) is 11.2 Å². The molecule has 0 saturated carbocycles. The molecule has 22 heavy (non-hydrogen) atoms. The monoisotopic (exact) mass is 359 g/mol. The number of fused-ring (bicyclic) bond motifs is 1. The Balaban J connectivity index is 1.79. The SMILES string of the molecule is CC(Oc1cccc(Br)c1)C(=O)N1c2ccccc2CC1C. The molecule has 0 fully saturated rings. The molecule has 0 radical (unpaired) electrons. The second-order valence-electron chi connectivity index (χ2n) is 5.61. The van der Waals surface area contributed by atoms with Crippen LogP contribution in [-0.4, -0.2) is 18.1 Å². The molecule has 1 heterocycles. The standard InChI is InChI=1S/C18H18BrNO2/c1-12-10-14-6-3-4-9-17(14)20(12)18(21)13(2)22-16-8-5-7-15(19)11-16/h3-9,11-13H,10H2,1-2H3. The average molecular weight is 360 g/mol. The summed E-state index contributed by atoms with van der Waals surface area (Å²) in [5.41, 5.74) is 2.22. The zero-order valence-corrected chi connectivity index (χ0v) is 14.2. The fourth-order valence-corrected chi connectivity index (χ4v) is 3.27. The van der Waals surface area contributed by atoms with Gasteiger partial charge in [0.25, 0.3) is 5.91 Å². The van der Waals surface area contributed by atoms with Gasteiger partial charge in [-0.25, -0.2) is 0 Å². The Morgan fingerprint density at radius 1 is 1.27 bits per heavy atom. The van der Waals surface area contributed by atoms with E-state index in [1.807, 2.05) is 47.4 Å². The molecule has 3 rings (SSSR count). The third-order valence-electron chi connectivity index (χ3n) is 3.90. The number of carbonyl (C=O) groups is 1. The number of anilines is 1. The van der Waals surface area contributed by atoms with Crippen molar-refractivity contribution in [1.29, 1.82) is 0 Å². The molecule has 1 aliphatic rings. The van der Waals surface area contributed by atoms with Crippen LogP contribution in [0.25, 0.3) is 0 Å². The molecular weight excluding hydrogens is 342 g/mol. The van der Waals surface area contributed by atoms with Gasteiger partial charge < -0.3 is 9.64 Å². The highest BCUT2D eigenvalue weighted by atomic mass is 79.9. The van der Waals surface area contributed by atoms with E-state index in [2.05, 4.69) is 28.9 Å². The lowest BCUT2D eigenvalue weighted by Gasteiger charge is -2.26. The maximum absolute atomic E-state index is 12.8. The van der Waals surface area contributed by atoms with Crippen molar-refractivity contribution in [2.45, 2.75) is 32.4 Å². The van der Waals surface area contributed by atoms with Gasteiger partial charge in [0.15, 0.2) is 6.10 Å². The van der Waals surface area contributed by atoms with E-state index in [9.17, 15) is 4.79 Å². The highest BCUT2D eigenvalue weighted by Gasteiger charge is 2.33. The molecule has 1 aliphatic heterocycles. The van der Waals surface area contributed by atoms with Gasteiger partial charge in [-0.1, -0.05) is 40.2 Å². The number of benzene rings is 2. The average Bonchev–Trinajstić information content (AvgIpc) is 2.82. The first-order chi connectivity index (χ1) is 10.6. The molecule has 0 aliphatic carbocycles. The molecule has 2 unspecified atom stereocenters. The van der Waals surface area contributed by atoms with Crippen LogP contribution in [0.15, 0.2) is 53.0 Å². The third kappa shape index (κ3) is 2.88. The summed E-state index contributed by atoms with van der Waals surface area (Å²) in [7, 11) is 0. The minimum atomic E-state index is -0.525. The molecule has 4 heteroatoms. The van der Waals surface area contributed by atoms with Crippen molar-refractivity contribution in [3.05, 3.63) is 58.6 Å². The number of rotatable bonds is 3. The summed E-state index contributed by atoms with van der Waals surface area (Å²) >= 11 is 3.41. The fraction of sp³-hybridized carbons (Fsp3) is 0.278. The summed E-state index contributed by atoms with van der Waals surface area (Å²) < 4.78 is 6.75. The van der Waals surface area contributed by atoms with Crippen LogP contribution in [0.5, 0.6) is 5.75 Å². The van der Waals surface area contributed by atoms with Gasteiger partial charge in [0.1, 0.15) is 5.75 Å². The highest BCUT2D eigenvalue weighted by molar-refractivity contribution is 9.10. The highest BCUT2D eigenvalue weighted by Crippen LogP contribution is 2.32. The van der Waals surface area contributed by atoms with E-state index in [1.165, 1.54) is 5.56 Å². The summed E-state index contributed by atoms with van der Waals surface area (Å²) in [6, 6.07) is 15.8. The number of ether oxygens (including phenoxy) is 1. The van der Waals surface area contributed by atoms with Crippen molar-refractivity contribution < 1.29 is 9.53 Å². The van der Waals surface area contributed by atoms with Crippen LogP contribution in [0.2, 0.25) is 0 Å². The topological polar surface area (TPSA) is 29.5 Å². The lowest BCUT2D eigenvalue weighted by Crippen LogP contribution is -2.43. The van der Waals surface area contributed by atoms with Crippen LogP contribution in [0.3, 0.4) is 0 Å². The number of halogens is 1. The van der Waals surface area contributed by atoms with Crippen LogP contribution in [0.4, 0.5) is 5.69 Å². The van der Waals surface area contributed by atoms with Crippen molar-refractivity contribution >= 4 is 27.5 Å². The molecule has 1 amide bonds. The molecule has 0 spiro atoms. The Bertz CT molecular complexity index is 701. The molecule has 114 valence electrons. The van der Waals surface area contributed by atoms with Crippen LogP contribution >= 0.6 is 15.9 Å². The number of amides is 1. The minimum Gasteiger partial charge on any atom is -0.481 e. The smallest absolute Gasteiger partial charge is 0.268 e. The predicted octanol–water partition coefficient (Wildman–Crippen LogP) is 4.19. The maximum Gasteiger partial charge on any atom is 0.268 e. The summed E-state index contributed by atoms with van der Waals surface area (Å²) in [6.45, 7) is 3.88. The van der Waals surface area contributed by atoms with Gasteiger partial charge in [-0.05, 0) is 50.1 Å². The zero-order valence-electron chi connectivity index (χ0n) is 12.6. The van der Waals surface area contributed by atoms with E-state index in [1.54, 1.807) is 6.92 Å². The van der Waals surface area contributed by atoms with Crippen LogP contribution < -0.4 is 9.64 Å². The molecule has 2 atom stereocenters. The molecule has 2 aromatic carbocycles. The van der Waals surface area contributed by atoms with E-state index in [4.69, 9.17) is 4.74 Å². The van der Waals surface area contributed by atoms with Crippen molar-refractivity contribution in [2.24, 2.45) is 0 Å².